The smallest absolute Gasteiger partial charge is 0.303 e. The highest BCUT2D eigenvalue weighted by Gasteiger charge is 2.44. The van der Waals surface area contributed by atoms with Crippen LogP contribution >= 0.6 is 0 Å². The Bertz CT molecular complexity index is 519. The maximum absolute atomic E-state index is 12.4. The van der Waals surface area contributed by atoms with Crippen molar-refractivity contribution in [2.45, 2.75) is 58.6 Å². The highest BCUT2D eigenvalue weighted by molar-refractivity contribution is 5.95. The van der Waals surface area contributed by atoms with E-state index in [-0.39, 0.29) is 12.7 Å². The molecule has 0 fully saturated rings. The predicted molar refractivity (Wildman–Crippen MR) is 83.7 cm³/mol. The monoisotopic (exact) mass is 328 g/mol. The topological polar surface area (TPSA) is 121 Å². The standard InChI is InChI=1S/C16H25NO6/c1-5-6-7-13(15(22)17-10(2)11(3)18)16(23,12(4)19)9-8-14(20)21/h6-7,10,13,23H,5,8-9H2,1-4H3,(H,17,22)(H,20,21)/b7-6+/t10?,13-,16-/m1/s1/i1D. The largest absolute Gasteiger partial charge is 0.481 e. The molecule has 7 heteroatoms. The minimum Gasteiger partial charge on any atom is -0.481 e. The Morgan fingerprint density at radius 2 is 1.91 bits per heavy atom. The van der Waals surface area contributed by atoms with E-state index < -0.39 is 48.1 Å². The lowest BCUT2D eigenvalue weighted by atomic mass is 9.79. The molecule has 0 aliphatic carbocycles. The fourth-order valence-electron chi connectivity index (χ4n) is 1.95. The zero-order valence-corrected chi connectivity index (χ0v) is 13.7. The van der Waals surface area contributed by atoms with Crippen molar-refractivity contribution < 1.29 is 30.8 Å². The van der Waals surface area contributed by atoms with Crippen molar-refractivity contribution in [3.63, 3.8) is 0 Å². The van der Waals surface area contributed by atoms with E-state index in [0.29, 0.717) is 6.42 Å². The van der Waals surface area contributed by atoms with E-state index in [4.69, 9.17) is 6.48 Å². The van der Waals surface area contributed by atoms with Crippen LogP contribution in [0, 0.1) is 5.92 Å². The maximum atomic E-state index is 12.4. The van der Waals surface area contributed by atoms with Crippen LogP contribution in [0.15, 0.2) is 12.2 Å². The molecule has 0 aromatic heterocycles. The number of nitrogens with one attached hydrogen (secondary N) is 1. The summed E-state index contributed by atoms with van der Waals surface area (Å²) in [7, 11) is 0. The molecule has 3 atom stereocenters. The number of ketones is 2. The molecule has 3 N–H and O–H groups in total. The first-order chi connectivity index (χ1) is 11.1. The Morgan fingerprint density at radius 3 is 2.35 bits per heavy atom. The van der Waals surface area contributed by atoms with Gasteiger partial charge in [0.1, 0.15) is 5.60 Å². The molecule has 0 rings (SSSR count). The molecule has 0 spiro atoms. The molecule has 0 aliphatic heterocycles. The number of carbonyl (C=O) groups is 4. The number of carboxylic acid groups (broad SMARTS) is 1. The van der Waals surface area contributed by atoms with E-state index in [1.54, 1.807) is 0 Å². The van der Waals surface area contributed by atoms with Crippen molar-refractivity contribution in [1.29, 1.82) is 0 Å². The summed E-state index contributed by atoms with van der Waals surface area (Å²) in [5, 5.41) is 21.9. The van der Waals surface area contributed by atoms with Crippen molar-refractivity contribution in [2.75, 3.05) is 0 Å². The van der Waals surface area contributed by atoms with E-state index in [1.807, 2.05) is 0 Å². The van der Waals surface area contributed by atoms with Crippen molar-refractivity contribution in [3.8, 4) is 0 Å². The van der Waals surface area contributed by atoms with Crippen LogP contribution in [0.25, 0.3) is 0 Å². The average molecular weight is 328 g/mol. The molecule has 1 amide bonds. The van der Waals surface area contributed by atoms with Gasteiger partial charge in [0.25, 0.3) is 0 Å². The highest BCUT2D eigenvalue weighted by atomic mass is 16.4. The molecule has 0 radical (unpaired) electrons. The minimum absolute atomic E-state index is 0.0579. The van der Waals surface area contributed by atoms with Crippen LogP contribution in [0.2, 0.25) is 0 Å². The van der Waals surface area contributed by atoms with Gasteiger partial charge >= 0.3 is 5.97 Å². The number of carbonyl (C=O) groups excluding carboxylic acids is 3. The number of rotatable bonds is 10. The van der Waals surface area contributed by atoms with E-state index in [0.717, 1.165) is 6.92 Å². The van der Waals surface area contributed by atoms with Gasteiger partial charge in [0.05, 0.1) is 12.0 Å². The number of aliphatic carboxylic acids is 1. The van der Waals surface area contributed by atoms with Crippen molar-refractivity contribution in [3.05, 3.63) is 12.2 Å². The Kier molecular flexibility index (Phi) is 7.61. The predicted octanol–water partition coefficient (Wildman–Crippen LogP) is 0.847. The second-order valence-electron chi connectivity index (χ2n) is 5.41. The number of allylic oxidation sites excluding steroid dienone is 1. The lowest BCUT2D eigenvalue weighted by Gasteiger charge is -2.31. The van der Waals surface area contributed by atoms with Crippen LogP contribution in [0.4, 0.5) is 0 Å². The van der Waals surface area contributed by atoms with Gasteiger partial charge in [-0.15, -0.1) is 0 Å². The van der Waals surface area contributed by atoms with Crippen LogP contribution in [-0.4, -0.2) is 45.3 Å². The van der Waals surface area contributed by atoms with Crippen LogP contribution < -0.4 is 5.32 Å². The maximum Gasteiger partial charge on any atom is 0.303 e. The molecule has 23 heavy (non-hydrogen) atoms. The number of hydrogen-bond donors (Lipinski definition) is 3. The van der Waals surface area contributed by atoms with Gasteiger partial charge in [-0.3, -0.25) is 19.2 Å². The number of amides is 1. The SMILES string of the molecule is [2H]CC/C=C/[C@H](C(=O)NC(C)C(C)=O)[C@@](O)(CCC(=O)O)C(C)=O. The quantitative estimate of drug-likeness (QED) is 0.511. The summed E-state index contributed by atoms with van der Waals surface area (Å²) < 4.78 is 7.10. The van der Waals surface area contributed by atoms with E-state index in [2.05, 4.69) is 5.32 Å². The van der Waals surface area contributed by atoms with E-state index in [9.17, 15) is 24.3 Å². The second-order valence-corrected chi connectivity index (χ2v) is 5.41. The molecule has 7 nitrogen and oxygen atoms in total. The normalized spacial score (nSPS) is 17.0. The molecule has 0 aromatic rings. The third kappa shape index (κ3) is 6.32. The zero-order valence-electron chi connectivity index (χ0n) is 14.7. The fraction of sp³-hybridized carbons (Fsp3) is 0.625. The Balaban J connectivity index is 5.60. The average Bonchev–Trinajstić information content (AvgIpc) is 2.48. The lowest BCUT2D eigenvalue weighted by molar-refractivity contribution is -0.151. The summed E-state index contributed by atoms with van der Waals surface area (Å²) in [6.07, 6.45) is 2.15. The fourth-order valence-corrected chi connectivity index (χ4v) is 1.95. The number of Topliss-reactive ketones (excluding diaryl/α,β-unsaturated/α-hetero) is 2. The summed E-state index contributed by atoms with van der Waals surface area (Å²) in [6.45, 7) is 3.89. The van der Waals surface area contributed by atoms with Crippen molar-refractivity contribution >= 4 is 23.4 Å². The van der Waals surface area contributed by atoms with Gasteiger partial charge in [0, 0.05) is 7.79 Å². The molecule has 0 aliphatic rings. The first-order valence-electron chi connectivity index (χ1n) is 7.98. The van der Waals surface area contributed by atoms with Crippen LogP contribution in [0.1, 0.15) is 48.3 Å². The molecule has 0 saturated carbocycles. The van der Waals surface area contributed by atoms with Gasteiger partial charge in [0.15, 0.2) is 11.6 Å². The molecule has 0 bridgehead atoms. The van der Waals surface area contributed by atoms with Crippen LogP contribution in [0.3, 0.4) is 0 Å². The Hall–Kier alpha value is -2.02. The summed E-state index contributed by atoms with van der Waals surface area (Å²) in [6, 6.07) is -0.805. The summed E-state index contributed by atoms with van der Waals surface area (Å²) in [5.74, 6) is -4.34. The molecule has 130 valence electrons. The zero-order chi connectivity index (χ0) is 18.9. The number of carboxylic acids is 1. The van der Waals surface area contributed by atoms with E-state index >= 15 is 0 Å². The van der Waals surface area contributed by atoms with Gasteiger partial charge in [-0.25, -0.2) is 0 Å². The van der Waals surface area contributed by atoms with Crippen molar-refractivity contribution in [1.82, 2.24) is 5.32 Å². The summed E-state index contributed by atoms with van der Waals surface area (Å²) in [5.41, 5.74) is -2.20. The van der Waals surface area contributed by atoms with Gasteiger partial charge in [-0.2, -0.15) is 0 Å². The summed E-state index contributed by atoms with van der Waals surface area (Å²) >= 11 is 0. The minimum atomic E-state index is -2.20. The first-order valence-corrected chi connectivity index (χ1v) is 7.28. The number of hydrogen-bond acceptors (Lipinski definition) is 5. The number of aliphatic hydroxyl groups is 1. The van der Waals surface area contributed by atoms with E-state index in [1.165, 1.54) is 26.0 Å². The van der Waals surface area contributed by atoms with Gasteiger partial charge < -0.3 is 15.5 Å². The Morgan fingerprint density at radius 1 is 1.30 bits per heavy atom. The molecule has 0 aromatic carbocycles. The van der Waals surface area contributed by atoms with Gasteiger partial charge in [-0.1, -0.05) is 19.1 Å². The first kappa shape index (κ1) is 19.0. The van der Waals surface area contributed by atoms with Crippen molar-refractivity contribution in [2.24, 2.45) is 5.92 Å². The third-order valence-corrected chi connectivity index (χ3v) is 3.59. The molecule has 0 saturated heterocycles. The molecular weight excluding hydrogens is 302 g/mol. The summed E-state index contributed by atoms with van der Waals surface area (Å²) in [4.78, 5) is 46.4. The van der Waals surface area contributed by atoms with Gasteiger partial charge in [-0.05, 0) is 33.6 Å². The van der Waals surface area contributed by atoms with Crippen LogP contribution in [-0.2, 0) is 19.2 Å². The molecule has 0 heterocycles. The lowest BCUT2D eigenvalue weighted by Crippen LogP contribution is -2.53. The Labute approximate surface area is 137 Å². The second kappa shape index (κ2) is 9.19. The molecule has 1 unspecified atom stereocenters. The highest BCUT2D eigenvalue weighted by Crippen LogP contribution is 2.27. The van der Waals surface area contributed by atoms with Crippen LogP contribution in [0.5, 0.6) is 0 Å². The van der Waals surface area contributed by atoms with Gasteiger partial charge in [0.2, 0.25) is 5.91 Å². The third-order valence-electron chi connectivity index (χ3n) is 3.59. The molecular formula is C16H25NO6.